The van der Waals surface area contributed by atoms with E-state index >= 15 is 0 Å². The monoisotopic (exact) mass is 549 g/mol. The van der Waals surface area contributed by atoms with Crippen LogP contribution in [0.25, 0.3) is 17.1 Å². The van der Waals surface area contributed by atoms with Gasteiger partial charge in [-0.3, -0.25) is 14.8 Å². The van der Waals surface area contributed by atoms with Gasteiger partial charge in [0.2, 0.25) is 0 Å². The minimum absolute atomic E-state index is 0.269. The molecular weight excluding hydrogens is 529 g/mol. The SMILES string of the molecule is N#Cc1ccc(C2CCN(NC(=O)c3cn(-c4ccc(Cl)cc4)c(-c4ccc(Cl)cc4Cl)n3)CC2)cc1. The fourth-order valence-electron chi connectivity index (χ4n) is 4.50. The number of nitrogens with one attached hydrogen (secondary N) is 1. The molecule has 2 heterocycles. The first-order valence-electron chi connectivity index (χ1n) is 11.8. The number of aromatic nitrogens is 2. The third-order valence-corrected chi connectivity index (χ3v) is 7.28. The average Bonchev–Trinajstić information content (AvgIpc) is 3.35. The summed E-state index contributed by atoms with van der Waals surface area (Å²) in [5.41, 5.74) is 6.60. The highest BCUT2D eigenvalue weighted by Gasteiger charge is 2.24. The molecule has 0 saturated carbocycles. The smallest absolute Gasteiger partial charge is 0.285 e. The van der Waals surface area contributed by atoms with E-state index in [1.54, 1.807) is 36.5 Å². The van der Waals surface area contributed by atoms with Crippen molar-refractivity contribution in [3.05, 3.63) is 105 Å². The molecule has 0 atom stereocenters. The number of nitriles is 1. The molecule has 0 spiro atoms. The normalized spacial score (nSPS) is 14.3. The Hall–Kier alpha value is -3.34. The van der Waals surface area contributed by atoms with Crippen LogP contribution in [0.15, 0.2) is 72.9 Å². The third kappa shape index (κ3) is 5.66. The Morgan fingerprint density at radius 2 is 1.62 bits per heavy atom. The van der Waals surface area contributed by atoms with Gasteiger partial charge < -0.3 is 0 Å². The van der Waals surface area contributed by atoms with Crippen LogP contribution in [0.4, 0.5) is 0 Å². The van der Waals surface area contributed by atoms with Gasteiger partial charge in [0.05, 0.1) is 16.7 Å². The molecule has 0 unspecified atom stereocenters. The second-order valence-corrected chi connectivity index (χ2v) is 10.1. The number of carbonyl (C=O) groups excluding carboxylic acids is 1. The first-order chi connectivity index (χ1) is 17.9. The van der Waals surface area contributed by atoms with Gasteiger partial charge in [-0.15, -0.1) is 0 Å². The first kappa shape index (κ1) is 25.3. The molecule has 1 fully saturated rings. The van der Waals surface area contributed by atoms with E-state index in [1.165, 1.54) is 5.56 Å². The lowest BCUT2D eigenvalue weighted by Gasteiger charge is -2.32. The van der Waals surface area contributed by atoms with Gasteiger partial charge in [-0.1, -0.05) is 46.9 Å². The van der Waals surface area contributed by atoms with Crippen molar-refractivity contribution >= 4 is 40.7 Å². The van der Waals surface area contributed by atoms with E-state index in [9.17, 15) is 4.79 Å². The maximum Gasteiger partial charge on any atom is 0.285 e. The van der Waals surface area contributed by atoms with E-state index in [1.807, 2.05) is 46.0 Å². The van der Waals surface area contributed by atoms with Crippen LogP contribution in [0.3, 0.4) is 0 Å². The van der Waals surface area contributed by atoms with E-state index < -0.39 is 0 Å². The van der Waals surface area contributed by atoms with Crippen LogP contribution in [0.5, 0.6) is 0 Å². The molecule has 1 aliphatic rings. The van der Waals surface area contributed by atoms with Crippen LogP contribution in [0, 0.1) is 11.3 Å². The van der Waals surface area contributed by atoms with Gasteiger partial charge in [0.25, 0.3) is 5.91 Å². The Kier molecular flexibility index (Phi) is 7.50. The second-order valence-electron chi connectivity index (χ2n) is 8.86. The lowest BCUT2D eigenvalue weighted by atomic mass is 9.89. The maximum absolute atomic E-state index is 13.2. The molecule has 1 N–H and O–H groups in total. The number of carbonyl (C=O) groups is 1. The summed E-state index contributed by atoms with van der Waals surface area (Å²) in [5, 5.41) is 12.5. The van der Waals surface area contributed by atoms with Crippen molar-refractivity contribution in [2.24, 2.45) is 0 Å². The van der Waals surface area contributed by atoms with Crippen LogP contribution in [0.1, 0.15) is 40.4 Å². The second kappa shape index (κ2) is 11.0. The van der Waals surface area contributed by atoms with E-state index in [-0.39, 0.29) is 11.6 Å². The number of rotatable bonds is 5. The highest BCUT2D eigenvalue weighted by molar-refractivity contribution is 6.36. The van der Waals surface area contributed by atoms with Crippen LogP contribution in [-0.2, 0) is 0 Å². The minimum Gasteiger partial charge on any atom is -0.299 e. The molecule has 1 saturated heterocycles. The number of nitrogens with zero attached hydrogens (tertiary/aromatic N) is 4. The van der Waals surface area contributed by atoms with Gasteiger partial charge in [-0.2, -0.15) is 5.26 Å². The summed E-state index contributed by atoms with van der Waals surface area (Å²) < 4.78 is 1.82. The van der Waals surface area contributed by atoms with Crippen molar-refractivity contribution in [1.82, 2.24) is 20.0 Å². The lowest BCUT2D eigenvalue weighted by Crippen LogP contribution is -2.46. The summed E-state index contributed by atoms with van der Waals surface area (Å²) in [4.78, 5) is 17.9. The molecule has 0 radical (unpaired) electrons. The van der Waals surface area contributed by atoms with E-state index in [4.69, 9.17) is 40.1 Å². The number of hydrogen-bond acceptors (Lipinski definition) is 4. The number of imidazole rings is 1. The summed E-state index contributed by atoms with van der Waals surface area (Å²) >= 11 is 18.7. The molecule has 3 aromatic carbocycles. The predicted molar refractivity (Wildman–Crippen MR) is 146 cm³/mol. The molecule has 1 amide bonds. The Morgan fingerprint density at radius 1 is 0.946 bits per heavy atom. The summed E-state index contributed by atoms with van der Waals surface area (Å²) in [7, 11) is 0. The average molecular weight is 551 g/mol. The highest BCUT2D eigenvalue weighted by Crippen LogP contribution is 2.32. The topological polar surface area (TPSA) is 74.0 Å². The van der Waals surface area contributed by atoms with Gasteiger partial charge in [-0.25, -0.2) is 9.99 Å². The standard InChI is InChI=1S/C28H22Cl3N5O/c29-21-5-8-23(9-6-21)36-17-26(33-27(36)24-10-7-22(30)15-25(24)31)28(37)34-35-13-11-20(12-14-35)19-3-1-18(16-32)2-4-19/h1-10,15,17,20H,11-14H2,(H,34,37). The molecule has 0 bridgehead atoms. The van der Waals surface area contributed by atoms with Gasteiger partial charge in [0.15, 0.2) is 0 Å². The van der Waals surface area contributed by atoms with Gasteiger partial charge in [0, 0.05) is 40.6 Å². The minimum atomic E-state index is -0.295. The predicted octanol–water partition coefficient (Wildman–Crippen LogP) is 6.90. The van der Waals surface area contributed by atoms with E-state index in [0.717, 1.165) is 18.5 Å². The highest BCUT2D eigenvalue weighted by atomic mass is 35.5. The fraction of sp³-hybridized carbons (Fsp3) is 0.179. The zero-order valence-electron chi connectivity index (χ0n) is 19.7. The Bertz CT molecular complexity index is 1470. The van der Waals surface area contributed by atoms with Crippen LogP contribution >= 0.6 is 34.8 Å². The van der Waals surface area contributed by atoms with Gasteiger partial charge in [-0.05, 0) is 78.9 Å². The Labute approximate surface area is 230 Å². The number of halogens is 3. The molecule has 6 nitrogen and oxygen atoms in total. The third-order valence-electron chi connectivity index (χ3n) is 6.48. The molecule has 0 aliphatic carbocycles. The lowest BCUT2D eigenvalue weighted by molar-refractivity contribution is 0.0730. The largest absolute Gasteiger partial charge is 0.299 e. The zero-order valence-corrected chi connectivity index (χ0v) is 21.9. The molecule has 1 aliphatic heterocycles. The molecule has 9 heteroatoms. The molecule has 5 rings (SSSR count). The van der Waals surface area contributed by atoms with Gasteiger partial charge in [0.1, 0.15) is 11.5 Å². The molecular formula is C28H22Cl3N5O. The molecule has 186 valence electrons. The Balaban J connectivity index is 1.34. The molecule has 1 aromatic heterocycles. The van der Waals surface area contributed by atoms with Crippen molar-refractivity contribution < 1.29 is 4.79 Å². The Morgan fingerprint density at radius 3 is 2.27 bits per heavy atom. The number of hydrogen-bond donors (Lipinski definition) is 1. The summed E-state index contributed by atoms with van der Waals surface area (Å²) in [5.74, 6) is 0.619. The van der Waals surface area contributed by atoms with Crippen molar-refractivity contribution in [3.8, 4) is 23.1 Å². The maximum atomic E-state index is 13.2. The van der Waals surface area contributed by atoms with E-state index in [2.05, 4.69) is 16.5 Å². The summed E-state index contributed by atoms with van der Waals surface area (Å²) in [6.45, 7) is 1.42. The number of hydrazine groups is 1. The zero-order chi connectivity index (χ0) is 25.9. The van der Waals surface area contributed by atoms with E-state index in [0.29, 0.717) is 51.0 Å². The summed E-state index contributed by atoms with van der Waals surface area (Å²) in [6, 6.07) is 22.3. The summed E-state index contributed by atoms with van der Waals surface area (Å²) in [6.07, 6.45) is 3.50. The quantitative estimate of drug-likeness (QED) is 0.293. The van der Waals surface area contributed by atoms with Crippen LogP contribution in [-0.4, -0.2) is 33.6 Å². The van der Waals surface area contributed by atoms with Crippen LogP contribution < -0.4 is 5.43 Å². The molecule has 37 heavy (non-hydrogen) atoms. The number of piperidine rings is 1. The molecule has 4 aromatic rings. The number of amides is 1. The fourth-order valence-corrected chi connectivity index (χ4v) is 5.12. The van der Waals surface area contributed by atoms with Crippen molar-refractivity contribution in [1.29, 1.82) is 5.26 Å². The first-order valence-corrected chi connectivity index (χ1v) is 12.9. The van der Waals surface area contributed by atoms with Crippen molar-refractivity contribution in [2.45, 2.75) is 18.8 Å². The number of benzene rings is 3. The van der Waals surface area contributed by atoms with Gasteiger partial charge >= 0.3 is 0 Å². The van der Waals surface area contributed by atoms with Crippen LogP contribution in [0.2, 0.25) is 15.1 Å². The van der Waals surface area contributed by atoms with Crippen molar-refractivity contribution in [3.63, 3.8) is 0 Å². The van der Waals surface area contributed by atoms with Crippen molar-refractivity contribution in [2.75, 3.05) is 13.1 Å².